The minimum atomic E-state index is -0.245. The fourth-order valence-electron chi connectivity index (χ4n) is 3.56. The molecule has 0 bridgehead atoms. The molecule has 28 heavy (non-hydrogen) atoms. The van der Waals surface area contributed by atoms with Crippen LogP contribution in [0.15, 0.2) is 48.5 Å². The largest absolute Gasteiger partial charge is 0.325 e. The first-order chi connectivity index (χ1) is 13.4. The summed E-state index contributed by atoms with van der Waals surface area (Å²) >= 11 is 1.75. The maximum absolute atomic E-state index is 13.3. The van der Waals surface area contributed by atoms with Crippen LogP contribution in [0, 0.1) is 18.7 Å². The first-order valence-corrected chi connectivity index (χ1v) is 10.9. The highest BCUT2D eigenvalue weighted by atomic mass is 32.2. The van der Waals surface area contributed by atoms with Gasteiger partial charge in [-0.15, -0.1) is 11.8 Å². The van der Waals surface area contributed by atoms with Crippen LogP contribution in [0.1, 0.15) is 35.9 Å². The summed E-state index contributed by atoms with van der Waals surface area (Å²) in [6.45, 7) is 9.24. The highest BCUT2D eigenvalue weighted by Gasteiger charge is 2.31. The average Bonchev–Trinajstić information content (AvgIpc) is 3.13. The van der Waals surface area contributed by atoms with Crippen LogP contribution < -0.4 is 0 Å². The number of hydrogen-bond donors (Lipinski definition) is 0. The molecule has 1 aliphatic rings. The maximum atomic E-state index is 13.3. The van der Waals surface area contributed by atoms with Gasteiger partial charge in [0.15, 0.2) is 0 Å². The van der Waals surface area contributed by atoms with E-state index < -0.39 is 0 Å². The second kappa shape index (κ2) is 9.57. The van der Waals surface area contributed by atoms with Gasteiger partial charge in [-0.2, -0.15) is 0 Å². The molecule has 3 nitrogen and oxygen atoms in total. The number of benzene rings is 2. The molecule has 5 heteroatoms. The predicted molar refractivity (Wildman–Crippen MR) is 115 cm³/mol. The lowest BCUT2D eigenvalue weighted by Gasteiger charge is -2.29. The van der Waals surface area contributed by atoms with Crippen molar-refractivity contribution in [3.63, 3.8) is 0 Å². The molecule has 0 spiro atoms. The van der Waals surface area contributed by atoms with Crippen LogP contribution in [-0.4, -0.2) is 41.1 Å². The molecule has 1 heterocycles. The topological polar surface area (TPSA) is 23.6 Å². The van der Waals surface area contributed by atoms with Gasteiger partial charge >= 0.3 is 0 Å². The Kier molecular flexibility index (Phi) is 7.13. The number of carbonyl (C=O) groups excluding carboxylic acids is 1. The van der Waals surface area contributed by atoms with E-state index in [1.54, 1.807) is 23.9 Å². The summed E-state index contributed by atoms with van der Waals surface area (Å²) in [6, 6.07) is 15.0. The molecule has 0 radical (unpaired) electrons. The maximum Gasteiger partial charge on any atom is 0.237 e. The number of thioether (sulfide) groups is 1. The minimum Gasteiger partial charge on any atom is -0.325 e. The molecule has 3 rings (SSSR count). The molecule has 0 aromatic heterocycles. The van der Waals surface area contributed by atoms with Crippen molar-refractivity contribution in [1.82, 2.24) is 9.80 Å². The zero-order chi connectivity index (χ0) is 20.1. The Labute approximate surface area is 171 Å². The molecule has 0 saturated carbocycles. The van der Waals surface area contributed by atoms with Crippen LogP contribution in [0.5, 0.6) is 0 Å². The molecule has 0 aliphatic carbocycles. The molecule has 1 fully saturated rings. The van der Waals surface area contributed by atoms with Crippen molar-refractivity contribution >= 4 is 17.7 Å². The number of amides is 1. The summed E-state index contributed by atoms with van der Waals surface area (Å²) in [4.78, 5) is 17.3. The van der Waals surface area contributed by atoms with E-state index in [0.29, 0.717) is 12.5 Å². The van der Waals surface area contributed by atoms with E-state index in [1.165, 1.54) is 23.3 Å². The lowest BCUT2D eigenvalue weighted by molar-refractivity contribution is -0.132. The first kappa shape index (κ1) is 20.9. The summed E-state index contributed by atoms with van der Waals surface area (Å²) in [6.07, 6.45) is 0. The Bertz CT molecular complexity index is 776. The lowest BCUT2D eigenvalue weighted by Crippen LogP contribution is -2.41. The molecule has 2 aromatic rings. The van der Waals surface area contributed by atoms with Gasteiger partial charge < -0.3 is 4.90 Å². The number of aryl methyl sites for hydroxylation is 1. The van der Waals surface area contributed by atoms with Gasteiger partial charge in [0, 0.05) is 25.4 Å². The average molecular weight is 401 g/mol. The van der Waals surface area contributed by atoms with Gasteiger partial charge in [0.1, 0.15) is 11.2 Å². The third-order valence-corrected chi connectivity index (χ3v) is 6.14. The molecular weight excluding hydrogens is 371 g/mol. The summed E-state index contributed by atoms with van der Waals surface area (Å²) in [7, 11) is 0. The standard InChI is InChI=1S/C23H29FN2OS/c1-17(2)14-25(15-19-6-4-18(3)5-7-19)16-22(27)26-12-13-28-23(26)20-8-10-21(24)11-9-20/h4-11,17,23H,12-16H2,1-3H3/t23-/m0/s1. The van der Waals surface area contributed by atoms with Crippen LogP contribution in [0.3, 0.4) is 0 Å². The summed E-state index contributed by atoms with van der Waals surface area (Å²) in [5.74, 6) is 1.30. The van der Waals surface area contributed by atoms with Gasteiger partial charge in [-0.05, 0) is 36.1 Å². The van der Waals surface area contributed by atoms with E-state index in [2.05, 4.69) is 49.9 Å². The number of hydrogen-bond acceptors (Lipinski definition) is 3. The van der Waals surface area contributed by atoms with E-state index in [0.717, 1.165) is 31.0 Å². The zero-order valence-corrected chi connectivity index (χ0v) is 17.7. The van der Waals surface area contributed by atoms with Crippen LogP contribution in [0.2, 0.25) is 0 Å². The Morgan fingerprint density at radius 1 is 1.18 bits per heavy atom. The van der Waals surface area contributed by atoms with Crippen LogP contribution in [0.25, 0.3) is 0 Å². The highest BCUT2D eigenvalue weighted by Crippen LogP contribution is 2.38. The number of rotatable bonds is 7. The van der Waals surface area contributed by atoms with E-state index >= 15 is 0 Å². The third kappa shape index (κ3) is 5.58. The van der Waals surface area contributed by atoms with Crippen molar-refractivity contribution < 1.29 is 9.18 Å². The molecule has 1 aliphatic heterocycles. The van der Waals surface area contributed by atoms with Gasteiger partial charge in [-0.1, -0.05) is 55.8 Å². The van der Waals surface area contributed by atoms with Crippen molar-refractivity contribution in [2.75, 3.05) is 25.4 Å². The monoisotopic (exact) mass is 400 g/mol. The van der Waals surface area contributed by atoms with E-state index in [9.17, 15) is 9.18 Å². The highest BCUT2D eigenvalue weighted by molar-refractivity contribution is 7.99. The van der Waals surface area contributed by atoms with Gasteiger partial charge in [-0.3, -0.25) is 9.69 Å². The van der Waals surface area contributed by atoms with Gasteiger partial charge in [0.25, 0.3) is 0 Å². The van der Waals surface area contributed by atoms with Gasteiger partial charge in [0.05, 0.1) is 6.54 Å². The van der Waals surface area contributed by atoms with Crippen molar-refractivity contribution in [3.05, 3.63) is 71.0 Å². The Balaban J connectivity index is 1.69. The first-order valence-electron chi connectivity index (χ1n) is 9.87. The molecule has 150 valence electrons. The van der Waals surface area contributed by atoms with Crippen molar-refractivity contribution in [1.29, 1.82) is 0 Å². The molecule has 1 amide bonds. The predicted octanol–water partition coefficient (Wildman–Crippen LogP) is 4.87. The molecular formula is C23H29FN2OS. The Hall–Kier alpha value is -1.85. The summed E-state index contributed by atoms with van der Waals surface area (Å²) in [5.41, 5.74) is 3.46. The molecule has 1 atom stereocenters. The minimum absolute atomic E-state index is 0.0200. The van der Waals surface area contributed by atoms with Crippen molar-refractivity contribution in [2.45, 2.75) is 32.7 Å². The summed E-state index contributed by atoms with van der Waals surface area (Å²) in [5, 5.41) is -0.0200. The lowest BCUT2D eigenvalue weighted by atomic mass is 10.1. The second-order valence-corrected chi connectivity index (χ2v) is 9.10. The van der Waals surface area contributed by atoms with Crippen molar-refractivity contribution in [3.8, 4) is 0 Å². The molecule has 0 N–H and O–H groups in total. The Morgan fingerprint density at radius 3 is 2.50 bits per heavy atom. The second-order valence-electron chi connectivity index (χ2n) is 7.91. The fourth-order valence-corrected chi connectivity index (χ4v) is 4.84. The van der Waals surface area contributed by atoms with Gasteiger partial charge in [0.2, 0.25) is 5.91 Å². The van der Waals surface area contributed by atoms with E-state index in [4.69, 9.17) is 0 Å². The van der Waals surface area contributed by atoms with Gasteiger partial charge in [-0.25, -0.2) is 4.39 Å². The Morgan fingerprint density at radius 2 is 1.86 bits per heavy atom. The fraction of sp³-hybridized carbons (Fsp3) is 0.435. The molecule has 0 unspecified atom stereocenters. The number of halogens is 1. The zero-order valence-electron chi connectivity index (χ0n) is 16.9. The normalized spacial score (nSPS) is 16.9. The third-order valence-electron chi connectivity index (χ3n) is 4.88. The van der Waals surface area contributed by atoms with E-state index in [1.807, 2.05) is 4.90 Å². The number of carbonyl (C=O) groups is 1. The molecule has 2 aromatic carbocycles. The van der Waals surface area contributed by atoms with Crippen LogP contribution >= 0.6 is 11.8 Å². The van der Waals surface area contributed by atoms with Crippen LogP contribution in [-0.2, 0) is 11.3 Å². The van der Waals surface area contributed by atoms with Crippen molar-refractivity contribution in [2.24, 2.45) is 5.92 Å². The quantitative estimate of drug-likeness (QED) is 0.663. The SMILES string of the molecule is Cc1ccc(CN(CC(=O)N2CCS[C@H]2c2ccc(F)cc2)CC(C)C)cc1. The smallest absolute Gasteiger partial charge is 0.237 e. The van der Waals surface area contributed by atoms with E-state index in [-0.39, 0.29) is 17.1 Å². The number of nitrogens with zero attached hydrogens (tertiary/aromatic N) is 2. The summed E-state index contributed by atoms with van der Waals surface area (Å²) < 4.78 is 13.3. The molecule has 1 saturated heterocycles. The van der Waals surface area contributed by atoms with Crippen LogP contribution in [0.4, 0.5) is 4.39 Å².